The molecule has 6 heteroatoms. The van der Waals surface area contributed by atoms with Crippen molar-refractivity contribution in [3.05, 3.63) is 58.1 Å². The number of benzene rings is 1. The Morgan fingerprint density at radius 1 is 1.26 bits per heavy atom. The summed E-state index contributed by atoms with van der Waals surface area (Å²) in [5.74, 6) is 2.44. The average Bonchev–Trinajstić information content (AvgIpc) is 3.16. The van der Waals surface area contributed by atoms with Crippen LogP contribution in [0.5, 0.6) is 0 Å². The van der Waals surface area contributed by atoms with E-state index in [0.29, 0.717) is 5.82 Å². The molecule has 2 N–H and O–H groups in total. The van der Waals surface area contributed by atoms with Crippen LogP contribution in [0.25, 0.3) is 11.4 Å². The third-order valence-electron chi connectivity index (χ3n) is 7.17. The summed E-state index contributed by atoms with van der Waals surface area (Å²) in [5, 5.41) is 10.7. The molecule has 2 aliphatic carbocycles. The molecule has 3 aliphatic rings. The van der Waals surface area contributed by atoms with Crippen LogP contribution in [0.15, 0.2) is 35.6 Å². The lowest BCUT2D eigenvalue weighted by atomic mass is 9.79. The topological polar surface area (TPSA) is 73.9 Å². The molecule has 1 saturated heterocycles. The van der Waals surface area contributed by atoms with E-state index in [2.05, 4.69) is 47.6 Å². The maximum atomic E-state index is 13.6. The minimum atomic E-state index is 0.111. The predicted octanol–water partition coefficient (Wildman–Crippen LogP) is 3.94. The Balaban J connectivity index is 1.47. The number of hydrogen-bond donors (Lipinski definition) is 2. The molecule has 1 atom stereocenters. The first-order valence-corrected chi connectivity index (χ1v) is 11.5. The van der Waals surface area contributed by atoms with Crippen LogP contribution in [0.3, 0.4) is 0 Å². The van der Waals surface area contributed by atoms with E-state index < -0.39 is 0 Å². The van der Waals surface area contributed by atoms with Gasteiger partial charge in [0.2, 0.25) is 0 Å². The Labute approximate surface area is 183 Å². The first-order valence-electron chi connectivity index (χ1n) is 11.5. The van der Waals surface area contributed by atoms with Crippen LogP contribution < -0.4 is 5.32 Å². The Hall–Kier alpha value is -2.89. The zero-order valence-corrected chi connectivity index (χ0v) is 18.7. The van der Waals surface area contributed by atoms with Gasteiger partial charge in [0.05, 0.1) is 6.04 Å². The summed E-state index contributed by atoms with van der Waals surface area (Å²) in [6.45, 7) is 4.93. The number of aromatic amines is 1. The summed E-state index contributed by atoms with van der Waals surface area (Å²) in [7, 11) is 1.93. The molecule has 1 aromatic heterocycles. The van der Waals surface area contributed by atoms with Crippen LogP contribution in [0.1, 0.15) is 59.9 Å². The third-order valence-corrected chi connectivity index (χ3v) is 7.17. The van der Waals surface area contributed by atoms with Crippen LogP contribution >= 0.6 is 0 Å². The maximum Gasteiger partial charge on any atom is 0.254 e. The molecule has 2 heterocycles. The highest BCUT2D eigenvalue weighted by molar-refractivity contribution is 5.98. The van der Waals surface area contributed by atoms with E-state index in [1.54, 1.807) is 0 Å². The second-order valence-electron chi connectivity index (χ2n) is 9.04. The fourth-order valence-corrected chi connectivity index (χ4v) is 4.85. The summed E-state index contributed by atoms with van der Waals surface area (Å²) in [4.78, 5) is 20.2. The highest BCUT2D eigenvalue weighted by atomic mass is 16.2. The van der Waals surface area contributed by atoms with Crippen molar-refractivity contribution >= 4 is 5.91 Å². The molecule has 0 spiro atoms. The fourth-order valence-electron chi connectivity index (χ4n) is 4.85. The number of allylic oxidation sites excluding steroid dienone is 2. The van der Waals surface area contributed by atoms with Crippen LogP contribution in [-0.4, -0.2) is 45.6 Å². The van der Waals surface area contributed by atoms with Crippen molar-refractivity contribution in [2.24, 2.45) is 5.92 Å². The zero-order chi connectivity index (χ0) is 21.5. The van der Waals surface area contributed by atoms with Crippen LogP contribution in [0.4, 0.5) is 0 Å². The van der Waals surface area contributed by atoms with Gasteiger partial charge in [0.15, 0.2) is 5.82 Å². The summed E-state index contributed by atoms with van der Waals surface area (Å²) >= 11 is 0. The van der Waals surface area contributed by atoms with Crippen LogP contribution in [0, 0.1) is 12.8 Å². The maximum absolute atomic E-state index is 13.6. The number of aryl methyl sites for hydroxylation is 2. The summed E-state index contributed by atoms with van der Waals surface area (Å²) in [6, 6.07) is 4.43. The van der Waals surface area contributed by atoms with E-state index in [1.165, 1.54) is 30.4 Å². The number of nitrogens with one attached hydrogen (secondary N) is 2. The number of carbonyl (C=O) groups excluding carboxylic acids is 1. The van der Waals surface area contributed by atoms with Crippen molar-refractivity contribution < 1.29 is 4.79 Å². The van der Waals surface area contributed by atoms with Crippen molar-refractivity contribution in [2.45, 2.75) is 58.4 Å². The lowest BCUT2D eigenvalue weighted by Gasteiger charge is -2.44. The monoisotopic (exact) mass is 417 g/mol. The number of carbonyl (C=O) groups is 1. The lowest BCUT2D eigenvalue weighted by molar-refractivity contribution is 0.0532. The fraction of sp³-hybridized carbons (Fsp3) is 0.480. The van der Waals surface area contributed by atoms with Gasteiger partial charge in [0.1, 0.15) is 5.82 Å². The molecule has 1 saturated carbocycles. The van der Waals surface area contributed by atoms with Crippen molar-refractivity contribution in [3.63, 3.8) is 0 Å². The van der Waals surface area contributed by atoms with Gasteiger partial charge in [0, 0.05) is 36.8 Å². The van der Waals surface area contributed by atoms with E-state index in [4.69, 9.17) is 4.98 Å². The van der Waals surface area contributed by atoms with E-state index in [-0.39, 0.29) is 11.9 Å². The van der Waals surface area contributed by atoms with Gasteiger partial charge in [-0.05, 0) is 54.5 Å². The van der Waals surface area contributed by atoms with Crippen molar-refractivity contribution in [2.75, 3.05) is 13.6 Å². The second-order valence-corrected chi connectivity index (χ2v) is 9.04. The van der Waals surface area contributed by atoms with Gasteiger partial charge in [-0.2, -0.15) is 5.10 Å². The first kappa shape index (κ1) is 20.0. The molecule has 0 radical (unpaired) electrons. The van der Waals surface area contributed by atoms with Crippen molar-refractivity contribution in [1.29, 1.82) is 0 Å². The number of likely N-dealkylation sites (N-methyl/N-ethyl adjacent to an activating group) is 1. The Morgan fingerprint density at radius 2 is 2.10 bits per heavy atom. The molecule has 2 aromatic rings. The molecule has 1 aromatic carbocycles. The average molecular weight is 418 g/mol. The van der Waals surface area contributed by atoms with Crippen molar-refractivity contribution in [3.8, 4) is 11.4 Å². The van der Waals surface area contributed by atoms with Gasteiger partial charge in [-0.25, -0.2) is 4.98 Å². The number of aromatic nitrogens is 3. The van der Waals surface area contributed by atoms with Gasteiger partial charge >= 0.3 is 0 Å². The van der Waals surface area contributed by atoms with Gasteiger partial charge in [0.25, 0.3) is 5.91 Å². The second kappa shape index (κ2) is 7.98. The molecule has 6 nitrogen and oxygen atoms in total. The van der Waals surface area contributed by atoms with Crippen LogP contribution in [-0.2, 0) is 12.8 Å². The normalized spacial score (nSPS) is 20.4. The number of likely N-dealkylation sites (tertiary alicyclic amines) is 1. The molecule has 5 rings (SSSR count). The quantitative estimate of drug-likeness (QED) is 0.716. The minimum absolute atomic E-state index is 0.111. The highest BCUT2D eigenvalue weighted by Gasteiger charge is 2.38. The van der Waals surface area contributed by atoms with E-state index in [9.17, 15) is 4.79 Å². The standard InChI is InChI=1S/C25H31N5O/c1-4-23-27-24(29-28-23)20-14-19(15(2)12-17(20)13-16-6-5-7-16)25(31)30-11-10-22(30)18-8-9-21(18)26-3/h8-9,12,14,16,22,26H,4-7,10-11,13H2,1-3H3,(H,27,28,29). The number of nitrogens with zero attached hydrogens (tertiary/aromatic N) is 3. The van der Waals surface area contributed by atoms with E-state index in [0.717, 1.165) is 59.9 Å². The molecule has 1 amide bonds. The zero-order valence-electron chi connectivity index (χ0n) is 18.7. The van der Waals surface area contributed by atoms with Crippen LogP contribution in [0.2, 0.25) is 0 Å². The Morgan fingerprint density at radius 3 is 2.65 bits per heavy atom. The lowest BCUT2D eigenvalue weighted by Crippen LogP contribution is -2.53. The molecule has 1 aliphatic heterocycles. The Kier molecular flexibility index (Phi) is 5.16. The molecule has 2 fully saturated rings. The smallest absolute Gasteiger partial charge is 0.254 e. The first-order chi connectivity index (χ1) is 15.1. The molecule has 162 valence electrons. The number of amides is 1. The minimum Gasteiger partial charge on any atom is -0.388 e. The van der Waals surface area contributed by atoms with Crippen molar-refractivity contribution in [1.82, 2.24) is 25.4 Å². The molecular formula is C25H31N5O. The molecule has 0 bridgehead atoms. The highest BCUT2D eigenvalue weighted by Crippen LogP contribution is 2.37. The number of hydrogen-bond acceptors (Lipinski definition) is 4. The number of rotatable bonds is 7. The predicted molar refractivity (Wildman–Crippen MR) is 122 cm³/mol. The molecule has 1 unspecified atom stereocenters. The largest absolute Gasteiger partial charge is 0.388 e. The SMILES string of the molecule is CCc1nc(-c2cc(C(=O)N3CCC3C3=CC=C3NC)c(C)cc2CC2CCC2)n[nH]1. The van der Waals surface area contributed by atoms with Gasteiger partial charge in [-0.1, -0.05) is 38.3 Å². The summed E-state index contributed by atoms with van der Waals surface area (Å²) < 4.78 is 0. The Bertz CT molecular complexity index is 1080. The van der Waals surface area contributed by atoms with Gasteiger partial charge in [-0.3, -0.25) is 9.89 Å². The van der Waals surface area contributed by atoms with E-state index in [1.807, 2.05) is 18.0 Å². The number of H-pyrrole nitrogens is 1. The molecule has 31 heavy (non-hydrogen) atoms. The summed E-state index contributed by atoms with van der Waals surface area (Å²) in [6.07, 6.45) is 11.0. The van der Waals surface area contributed by atoms with Gasteiger partial charge in [-0.15, -0.1) is 0 Å². The molecular weight excluding hydrogens is 386 g/mol. The van der Waals surface area contributed by atoms with E-state index >= 15 is 0 Å². The summed E-state index contributed by atoms with van der Waals surface area (Å²) in [5.41, 5.74) is 6.48. The third kappa shape index (κ3) is 3.48. The van der Waals surface area contributed by atoms with Gasteiger partial charge < -0.3 is 10.2 Å².